The van der Waals surface area contributed by atoms with Gasteiger partial charge in [0.2, 0.25) is 0 Å². The zero-order chi connectivity index (χ0) is 13.8. The lowest BCUT2D eigenvalue weighted by Crippen LogP contribution is -2.12. The minimum absolute atomic E-state index is 0.0643. The van der Waals surface area contributed by atoms with Gasteiger partial charge in [0.05, 0.1) is 10.6 Å². The maximum absolute atomic E-state index is 11.0. The number of benzene rings is 1. The Labute approximate surface area is 115 Å². The zero-order valence-corrected chi connectivity index (χ0v) is 11.1. The van der Waals surface area contributed by atoms with Crippen LogP contribution in [0.1, 0.15) is 12.6 Å². The molecule has 0 atom stereocenters. The van der Waals surface area contributed by atoms with Gasteiger partial charge in [0.25, 0.3) is 5.69 Å². The molecule has 0 aliphatic carbocycles. The molecule has 0 radical (unpaired) electrons. The van der Waals surface area contributed by atoms with Crippen LogP contribution in [0.5, 0.6) is 0 Å². The fraction of sp³-hybridized carbons (Fsp3) is 0.250. The van der Waals surface area contributed by atoms with Crippen LogP contribution in [0.25, 0.3) is 5.69 Å². The highest BCUT2D eigenvalue weighted by molar-refractivity contribution is 6.30. The first-order valence-electron chi connectivity index (χ1n) is 5.81. The lowest BCUT2D eigenvalue weighted by atomic mass is 10.3. The standard InChI is InChI=1S/C12H13ClN4O2/c1-2-14-8-10-5-6-16(15-10)11-4-3-9(13)7-12(11)17(18)19/h3-7,14H,2,8H2,1H3. The molecule has 7 heteroatoms. The second kappa shape index (κ2) is 5.81. The van der Waals surface area contributed by atoms with Crippen LogP contribution in [0.15, 0.2) is 30.5 Å². The van der Waals surface area contributed by atoms with Crippen molar-refractivity contribution in [1.82, 2.24) is 15.1 Å². The number of rotatable bonds is 5. The van der Waals surface area contributed by atoms with Crippen molar-refractivity contribution in [3.05, 3.63) is 51.3 Å². The highest BCUT2D eigenvalue weighted by Crippen LogP contribution is 2.26. The Hall–Kier alpha value is -1.92. The van der Waals surface area contributed by atoms with Crippen molar-refractivity contribution >= 4 is 17.3 Å². The van der Waals surface area contributed by atoms with E-state index < -0.39 is 4.92 Å². The predicted octanol–water partition coefficient (Wildman–Crippen LogP) is 2.54. The van der Waals surface area contributed by atoms with Gasteiger partial charge in [-0.2, -0.15) is 5.10 Å². The van der Waals surface area contributed by atoms with Gasteiger partial charge in [-0.3, -0.25) is 10.1 Å². The second-order valence-electron chi connectivity index (χ2n) is 3.92. The molecule has 0 saturated carbocycles. The van der Waals surface area contributed by atoms with Crippen molar-refractivity contribution in [2.24, 2.45) is 0 Å². The van der Waals surface area contributed by atoms with Crippen molar-refractivity contribution in [3.8, 4) is 5.69 Å². The van der Waals surface area contributed by atoms with E-state index in [1.165, 1.54) is 10.7 Å². The SMILES string of the molecule is CCNCc1ccn(-c2ccc(Cl)cc2[N+](=O)[O-])n1. The van der Waals surface area contributed by atoms with Crippen molar-refractivity contribution in [3.63, 3.8) is 0 Å². The van der Waals surface area contributed by atoms with Gasteiger partial charge in [0, 0.05) is 23.8 Å². The van der Waals surface area contributed by atoms with E-state index in [9.17, 15) is 10.1 Å². The first-order chi connectivity index (χ1) is 9.11. The summed E-state index contributed by atoms with van der Waals surface area (Å²) in [5, 5.41) is 18.8. The van der Waals surface area contributed by atoms with Crippen LogP contribution in [0, 0.1) is 10.1 Å². The molecule has 19 heavy (non-hydrogen) atoms. The Morgan fingerprint density at radius 1 is 1.47 bits per heavy atom. The van der Waals surface area contributed by atoms with Gasteiger partial charge in [-0.25, -0.2) is 4.68 Å². The molecule has 2 aromatic rings. The molecule has 1 aromatic carbocycles. The van der Waals surface area contributed by atoms with E-state index in [1.54, 1.807) is 18.3 Å². The number of aromatic nitrogens is 2. The average Bonchev–Trinajstić information content (AvgIpc) is 2.84. The summed E-state index contributed by atoms with van der Waals surface area (Å²) in [5.74, 6) is 0. The van der Waals surface area contributed by atoms with Gasteiger partial charge >= 0.3 is 0 Å². The van der Waals surface area contributed by atoms with Gasteiger partial charge in [-0.05, 0) is 24.7 Å². The molecule has 6 nitrogen and oxygen atoms in total. The Bertz CT molecular complexity index is 597. The molecule has 1 N–H and O–H groups in total. The predicted molar refractivity (Wildman–Crippen MR) is 72.6 cm³/mol. The molecule has 0 aliphatic rings. The van der Waals surface area contributed by atoms with Gasteiger partial charge in [0.15, 0.2) is 0 Å². The molecule has 100 valence electrons. The summed E-state index contributed by atoms with van der Waals surface area (Å²) in [7, 11) is 0. The topological polar surface area (TPSA) is 73.0 Å². The molecule has 1 heterocycles. The summed E-state index contributed by atoms with van der Waals surface area (Å²) < 4.78 is 1.49. The molecule has 1 aromatic heterocycles. The first-order valence-corrected chi connectivity index (χ1v) is 6.19. The monoisotopic (exact) mass is 280 g/mol. The maximum Gasteiger partial charge on any atom is 0.296 e. The molecule has 0 fully saturated rings. The van der Waals surface area contributed by atoms with Crippen molar-refractivity contribution in [2.75, 3.05) is 6.54 Å². The molecule has 0 saturated heterocycles. The number of nitrogens with one attached hydrogen (secondary N) is 1. The fourth-order valence-electron chi connectivity index (χ4n) is 1.68. The number of nitro benzene ring substituents is 1. The van der Waals surface area contributed by atoms with Gasteiger partial charge in [-0.1, -0.05) is 18.5 Å². The smallest absolute Gasteiger partial charge is 0.296 e. The third-order valence-electron chi connectivity index (χ3n) is 2.58. The normalized spacial score (nSPS) is 10.6. The fourth-order valence-corrected chi connectivity index (χ4v) is 1.85. The molecule has 0 bridgehead atoms. The van der Waals surface area contributed by atoms with E-state index in [0.29, 0.717) is 17.3 Å². The quantitative estimate of drug-likeness (QED) is 0.675. The van der Waals surface area contributed by atoms with Crippen molar-refractivity contribution in [1.29, 1.82) is 0 Å². The van der Waals surface area contributed by atoms with E-state index in [0.717, 1.165) is 12.2 Å². The molecule has 0 spiro atoms. The number of hydrogen-bond acceptors (Lipinski definition) is 4. The molecule has 0 amide bonds. The third kappa shape index (κ3) is 3.10. The summed E-state index contributed by atoms with van der Waals surface area (Å²) in [6.07, 6.45) is 1.70. The minimum Gasteiger partial charge on any atom is -0.311 e. The van der Waals surface area contributed by atoms with Crippen LogP contribution in [0.3, 0.4) is 0 Å². The van der Waals surface area contributed by atoms with Crippen molar-refractivity contribution < 1.29 is 4.92 Å². The molecule has 0 unspecified atom stereocenters. The molecular weight excluding hydrogens is 268 g/mol. The van der Waals surface area contributed by atoms with Crippen LogP contribution in [0.2, 0.25) is 5.02 Å². The summed E-state index contributed by atoms with van der Waals surface area (Å²) in [5.41, 5.74) is 1.16. The number of halogens is 1. The number of nitrogens with zero attached hydrogens (tertiary/aromatic N) is 3. The Morgan fingerprint density at radius 2 is 2.26 bits per heavy atom. The van der Waals surface area contributed by atoms with Crippen LogP contribution >= 0.6 is 11.6 Å². The van der Waals surface area contributed by atoms with Gasteiger partial charge < -0.3 is 5.32 Å². The Morgan fingerprint density at radius 3 is 2.95 bits per heavy atom. The lowest BCUT2D eigenvalue weighted by Gasteiger charge is -2.03. The lowest BCUT2D eigenvalue weighted by molar-refractivity contribution is -0.384. The summed E-state index contributed by atoms with van der Waals surface area (Å²) in [6.45, 7) is 3.47. The summed E-state index contributed by atoms with van der Waals surface area (Å²) in [4.78, 5) is 10.6. The summed E-state index contributed by atoms with van der Waals surface area (Å²) >= 11 is 5.78. The van der Waals surface area contributed by atoms with Crippen molar-refractivity contribution in [2.45, 2.75) is 13.5 Å². The van der Waals surface area contributed by atoms with Crippen LogP contribution in [0.4, 0.5) is 5.69 Å². The third-order valence-corrected chi connectivity index (χ3v) is 2.82. The number of hydrogen-bond donors (Lipinski definition) is 1. The van der Waals surface area contributed by atoms with Crippen LogP contribution in [-0.2, 0) is 6.54 Å². The minimum atomic E-state index is -0.465. The Balaban J connectivity index is 2.36. The molecular formula is C12H13ClN4O2. The molecule has 0 aliphatic heterocycles. The molecule has 2 rings (SSSR count). The highest BCUT2D eigenvalue weighted by Gasteiger charge is 2.16. The largest absolute Gasteiger partial charge is 0.311 e. The van der Waals surface area contributed by atoms with E-state index in [4.69, 9.17) is 11.6 Å². The van der Waals surface area contributed by atoms with E-state index in [-0.39, 0.29) is 5.69 Å². The van der Waals surface area contributed by atoms with Crippen LogP contribution in [-0.4, -0.2) is 21.2 Å². The zero-order valence-electron chi connectivity index (χ0n) is 10.3. The van der Waals surface area contributed by atoms with E-state index in [2.05, 4.69) is 10.4 Å². The van der Waals surface area contributed by atoms with Gasteiger partial charge in [0.1, 0.15) is 5.69 Å². The van der Waals surface area contributed by atoms with E-state index >= 15 is 0 Å². The maximum atomic E-state index is 11.0. The van der Waals surface area contributed by atoms with E-state index in [1.807, 2.05) is 13.0 Å². The Kier molecular flexibility index (Phi) is 4.13. The number of nitro groups is 1. The first kappa shape index (κ1) is 13.5. The average molecular weight is 281 g/mol. The van der Waals surface area contributed by atoms with Gasteiger partial charge in [-0.15, -0.1) is 0 Å². The van der Waals surface area contributed by atoms with Crippen LogP contribution < -0.4 is 5.32 Å². The second-order valence-corrected chi connectivity index (χ2v) is 4.36. The summed E-state index contributed by atoms with van der Waals surface area (Å²) in [6, 6.07) is 6.34. The highest BCUT2D eigenvalue weighted by atomic mass is 35.5.